The van der Waals surface area contributed by atoms with E-state index in [-0.39, 0.29) is 44.3 Å². The number of nitrogens with zero attached hydrogens (tertiary/aromatic N) is 1. The number of carbonyl (C=O) groups is 3. The Morgan fingerprint density at radius 1 is 0.895 bits per heavy atom. The van der Waals surface area contributed by atoms with Crippen LogP contribution in [-0.4, -0.2) is 32.9 Å². The Balaban J connectivity index is 1.67. The Labute approximate surface area is 232 Å². The molecule has 0 aromatic heterocycles. The van der Waals surface area contributed by atoms with Crippen molar-refractivity contribution in [2.75, 3.05) is 11.5 Å². The standard InChI is InChI=1S/C25H17Cl3N2O7S/c1-2-36-22-12-14(3-10-21(22)37-38(34,35)17-7-4-15(26)5-8-17)11-18-23(31)29-25(33)30(24(18)32)16-6-9-19(27)20(28)13-16/h3-13H,2H2,1H3,(H,29,31,33)/b18-11+. The minimum Gasteiger partial charge on any atom is -0.490 e. The maximum atomic E-state index is 13.1. The molecule has 3 aromatic carbocycles. The Kier molecular flexibility index (Phi) is 7.98. The zero-order valence-electron chi connectivity index (χ0n) is 19.4. The van der Waals surface area contributed by atoms with Crippen molar-refractivity contribution in [1.29, 1.82) is 0 Å². The molecule has 196 valence electrons. The van der Waals surface area contributed by atoms with Crippen LogP contribution in [0.2, 0.25) is 15.1 Å². The number of rotatable bonds is 7. The third-order valence-electron chi connectivity index (χ3n) is 5.14. The Morgan fingerprint density at radius 2 is 1.61 bits per heavy atom. The van der Waals surface area contributed by atoms with Crippen molar-refractivity contribution in [3.8, 4) is 11.5 Å². The van der Waals surface area contributed by atoms with Crippen LogP contribution >= 0.6 is 34.8 Å². The summed E-state index contributed by atoms with van der Waals surface area (Å²) in [5.74, 6) is -1.89. The van der Waals surface area contributed by atoms with Gasteiger partial charge in [-0.25, -0.2) is 9.69 Å². The van der Waals surface area contributed by atoms with Gasteiger partial charge in [0, 0.05) is 5.02 Å². The molecule has 1 aliphatic heterocycles. The third-order valence-corrected chi connectivity index (χ3v) is 7.38. The van der Waals surface area contributed by atoms with E-state index in [1.165, 1.54) is 66.7 Å². The molecular formula is C25H17Cl3N2O7S. The van der Waals surface area contributed by atoms with E-state index in [2.05, 4.69) is 5.32 Å². The number of anilines is 1. The molecule has 4 amide bonds. The van der Waals surface area contributed by atoms with Gasteiger partial charge in [-0.2, -0.15) is 8.42 Å². The maximum absolute atomic E-state index is 13.1. The minimum absolute atomic E-state index is 0.0421. The van der Waals surface area contributed by atoms with Gasteiger partial charge in [-0.1, -0.05) is 40.9 Å². The average molecular weight is 596 g/mol. The van der Waals surface area contributed by atoms with E-state index in [4.69, 9.17) is 43.7 Å². The van der Waals surface area contributed by atoms with Crippen LogP contribution < -0.4 is 19.1 Å². The zero-order chi connectivity index (χ0) is 27.6. The number of hydrogen-bond acceptors (Lipinski definition) is 7. The van der Waals surface area contributed by atoms with Crippen LogP contribution in [0.5, 0.6) is 11.5 Å². The second-order valence-electron chi connectivity index (χ2n) is 7.69. The van der Waals surface area contributed by atoms with Crippen LogP contribution in [0.3, 0.4) is 0 Å². The van der Waals surface area contributed by atoms with Crippen LogP contribution in [0.15, 0.2) is 71.1 Å². The quantitative estimate of drug-likeness (QED) is 0.218. The topological polar surface area (TPSA) is 119 Å². The molecule has 1 aliphatic rings. The van der Waals surface area contributed by atoms with E-state index < -0.39 is 28.0 Å². The largest absolute Gasteiger partial charge is 0.490 e. The number of nitrogens with one attached hydrogen (secondary N) is 1. The lowest BCUT2D eigenvalue weighted by molar-refractivity contribution is -0.122. The van der Waals surface area contributed by atoms with Gasteiger partial charge in [0.05, 0.1) is 22.3 Å². The molecule has 13 heteroatoms. The van der Waals surface area contributed by atoms with Gasteiger partial charge in [-0.15, -0.1) is 0 Å². The third kappa shape index (κ3) is 5.78. The lowest BCUT2D eigenvalue weighted by atomic mass is 10.1. The number of imide groups is 2. The van der Waals surface area contributed by atoms with Gasteiger partial charge in [0.15, 0.2) is 11.5 Å². The molecule has 9 nitrogen and oxygen atoms in total. The van der Waals surface area contributed by atoms with Crippen molar-refractivity contribution in [1.82, 2.24) is 5.32 Å². The Bertz CT molecular complexity index is 1590. The summed E-state index contributed by atoms with van der Waals surface area (Å²) in [7, 11) is -4.22. The van der Waals surface area contributed by atoms with Gasteiger partial charge in [0.1, 0.15) is 10.5 Å². The second kappa shape index (κ2) is 11.0. The summed E-state index contributed by atoms with van der Waals surface area (Å²) in [6, 6.07) is 12.7. The fourth-order valence-electron chi connectivity index (χ4n) is 3.40. The lowest BCUT2D eigenvalue weighted by Gasteiger charge is -2.26. The van der Waals surface area contributed by atoms with Crippen LogP contribution in [0.25, 0.3) is 6.08 Å². The van der Waals surface area contributed by atoms with Crippen LogP contribution in [0.1, 0.15) is 12.5 Å². The van der Waals surface area contributed by atoms with E-state index in [0.717, 1.165) is 4.90 Å². The van der Waals surface area contributed by atoms with Crippen molar-refractivity contribution in [2.45, 2.75) is 11.8 Å². The number of halogens is 3. The number of ether oxygens (including phenoxy) is 1. The van der Waals surface area contributed by atoms with Gasteiger partial charge in [0.2, 0.25) is 0 Å². The highest BCUT2D eigenvalue weighted by molar-refractivity contribution is 7.87. The number of urea groups is 1. The summed E-state index contributed by atoms with van der Waals surface area (Å²) in [6.45, 7) is 1.85. The summed E-state index contributed by atoms with van der Waals surface area (Å²) >= 11 is 17.8. The van der Waals surface area contributed by atoms with Gasteiger partial charge in [0.25, 0.3) is 11.8 Å². The molecule has 1 saturated heterocycles. The van der Waals surface area contributed by atoms with Crippen molar-refractivity contribution in [3.63, 3.8) is 0 Å². The zero-order valence-corrected chi connectivity index (χ0v) is 22.5. The molecular weight excluding hydrogens is 579 g/mol. The Hall–Kier alpha value is -3.57. The second-order valence-corrected chi connectivity index (χ2v) is 10.5. The van der Waals surface area contributed by atoms with Gasteiger partial charge >= 0.3 is 16.1 Å². The molecule has 3 aromatic rings. The monoisotopic (exact) mass is 594 g/mol. The minimum atomic E-state index is -4.22. The molecule has 0 spiro atoms. The molecule has 0 radical (unpaired) electrons. The van der Waals surface area contributed by atoms with Crippen molar-refractivity contribution in [3.05, 3.63) is 86.9 Å². The molecule has 1 fully saturated rings. The summed E-state index contributed by atoms with van der Waals surface area (Å²) < 4.78 is 36.2. The fraction of sp³-hybridized carbons (Fsp3) is 0.0800. The maximum Gasteiger partial charge on any atom is 0.339 e. The first-order valence-corrected chi connectivity index (χ1v) is 13.4. The smallest absolute Gasteiger partial charge is 0.339 e. The lowest BCUT2D eigenvalue weighted by Crippen LogP contribution is -2.54. The molecule has 0 bridgehead atoms. The predicted molar refractivity (Wildman–Crippen MR) is 142 cm³/mol. The molecule has 1 N–H and O–H groups in total. The first-order valence-electron chi connectivity index (χ1n) is 10.8. The van der Waals surface area contributed by atoms with Gasteiger partial charge in [-0.05, 0) is 73.2 Å². The SMILES string of the molecule is CCOc1cc(/C=C2\C(=O)NC(=O)N(c3ccc(Cl)c(Cl)c3)C2=O)ccc1OS(=O)(=O)c1ccc(Cl)cc1. The van der Waals surface area contributed by atoms with Crippen LogP contribution in [0.4, 0.5) is 10.5 Å². The first kappa shape index (κ1) is 27.5. The van der Waals surface area contributed by atoms with Crippen LogP contribution in [0, 0.1) is 0 Å². The summed E-state index contributed by atoms with van der Waals surface area (Å²) in [5, 5.41) is 2.79. The molecule has 1 heterocycles. The average Bonchev–Trinajstić information content (AvgIpc) is 2.85. The number of hydrogen-bond donors (Lipinski definition) is 1. The normalized spacial score (nSPS) is 15.0. The molecule has 0 aliphatic carbocycles. The summed E-state index contributed by atoms with van der Waals surface area (Å²) in [6.07, 6.45) is 1.23. The highest BCUT2D eigenvalue weighted by Crippen LogP contribution is 2.33. The Morgan fingerprint density at radius 3 is 2.26 bits per heavy atom. The van der Waals surface area contributed by atoms with Crippen molar-refractivity contribution >= 4 is 74.5 Å². The molecule has 0 atom stereocenters. The highest BCUT2D eigenvalue weighted by Gasteiger charge is 2.37. The van der Waals surface area contributed by atoms with E-state index in [9.17, 15) is 22.8 Å². The van der Waals surface area contributed by atoms with Crippen molar-refractivity contribution < 1.29 is 31.7 Å². The summed E-state index contributed by atoms with van der Waals surface area (Å²) in [5.41, 5.74) is 0.0404. The molecule has 0 unspecified atom stereocenters. The fourth-order valence-corrected chi connectivity index (χ4v) is 4.76. The predicted octanol–water partition coefficient (Wildman–Crippen LogP) is 5.48. The number of amides is 4. The number of carbonyl (C=O) groups excluding carboxylic acids is 3. The van der Waals surface area contributed by atoms with Gasteiger partial charge in [-0.3, -0.25) is 14.9 Å². The summed E-state index contributed by atoms with van der Waals surface area (Å²) in [4.78, 5) is 38.7. The van der Waals surface area contributed by atoms with Crippen molar-refractivity contribution in [2.24, 2.45) is 0 Å². The highest BCUT2D eigenvalue weighted by atomic mass is 35.5. The number of benzene rings is 3. The molecule has 4 rings (SSSR count). The van der Waals surface area contributed by atoms with Crippen LogP contribution in [-0.2, 0) is 19.7 Å². The molecule has 38 heavy (non-hydrogen) atoms. The van der Waals surface area contributed by atoms with Gasteiger partial charge < -0.3 is 8.92 Å². The van der Waals surface area contributed by atoms with E-state index >= 15 is 0 Å². The molecule has 0 saturated carbocycles. The first-order chi connectivity index (χ1) is 18.0. The van der Waals surface area contributed by atoms with E-state index in [1.807, 2.05) is 0 Å². The number of barbiturate groups is 1. The van der Waals surface area contributed by atoms with E-state index in [1.54, 1.807) is 6.92 Å². The van der Waals surface area contributed by atoms with E-state index in [0.29, 0.717) is 10.6 Å².